The fourth-order valence-corrected chi connectivity index (χ4v) is 3.09. The molecule has 0 bridgehead atoms. The zero-order chi connectivity index (χ0) is 8.97. The minimum absolute atomic E-state index is 0.292. The summed E-state index contributed by atoms with van der Waals surface area (Å²) >= 11 is 1.57. The van der Waals surface area contributed by atoms with Gasteiger partial charge in [-0.1, -0.05) is 37.9 Å². The van der Waals surface area contributed by atoms with Crippen LogP contribution < -0.4 is 5.73 Å². The maximum atomic E-state index is 7.24. The molecule has 0 aliphatic heterocycles. The molecule has 0 aromatic heterocycles. The Balaban J connectivity index is 2.41. The molecule has 12 heavy (non-hydrogen) atoms. The van der Waals surface area contributed by atoms with Crippen LogP contribution in [0.5, 0.6) is 0 Å². The Bertz CT molecular complexity index is 159. The van der Waals surface area contributed by atoms with E-state index in [0.717, 1.165) is 5.92 Å². The molecule has 1 aliphatic rings. The number of hydrogen-bond donors (Lipinski definition) is 2. The highest BCUT2D eigenvalue weighted by atomic mass is 32.2. The molecule has 0 heterocycles. The molecule has 3 N–H and O–H groups in total. The van der Waals surface area contributed by atoms with Crippen LogP contribution in [0.25, 0.3) is 0 Å². The van der Waals surface area contributed by atoms with E-state index in [-0.39, 0.29) is 0 Å². The van der Waals surface area contributed by atoms with E-state index in [0.29, 0.717) is 10.4 Å². The third-order valence-corrected chi connectivity index (χ3v) is 3.82. The van der Waals surface area contributed by atoms with Gasteiger partial charge in [-0.05, 0) is 18.8 Å². The third-order valence-electron chi connectivity index (χ3n) is 2.64. The highest BCUT2D eigenvalue weighted by Gasteiger charge is 2.24. The van der Waals surface area contributed by atoms with Crippen LogP contribution >= 0.6 is 11.8 Å². The number of nitrogens with two attached hydrogens (primary N) is 1. The quantitative estimate of drug-likeness (QED) is 0.514. The first-order chi connectivity index (χ1) is 5.74. The van der Waals surface area contributed by atoms with E-state index in [9.17, 15) is 0 Å². The standard InChI is InChI=1S/C9H18N2S/c1-2-7-5-3-4-6-8(7)12-9(10)11/h7-8H,2-6H2,1H3,(H3,10,11). The normalized spacial score (nSPS) is 30.1. The summed E-state index contributed by atoms with van der Waals surface area (Å²) in [5.41, 5.74) is 5.39. The Morgan fingerprint density at radius 3 is 2.75 bits per heavy atom. The Hall–Kier alpha value is -0.180. The average molecular weight is 186 g/mol. The van der Waals surface area contributed by atoms with Gasteiger partial charge in [0.05, 0.1) is 0 Å². The predicted octanol–water partition coefficient (Wildman–Crippen LogP) is 2.58. The van der Waals surface area contributed by atoms with Gasteiger partial charge in [0.15, 0.2) is 5.17 Å². The average Bonchev–Trinajstić information content (AvgIpc) is 2.04. The Morgan fingerprint density at radius 1 is 1.50 bits per heavy atom. The van der Waals surface area contributed by atoms with E-state index in [2.05, 4.69) is 6.92 Å². The SMILES string of the molecule is CCC1CCCCC1SC(=N)N. The first kappa shape index (κ1) is 9.90. The molecular formula is C9H18N2S. The molecule has 0 saturated heterocycles. The van der Waals surface area contributed by atoms with Crippen LogP contribution in [0.1, 0.15) is 39.0 Å². The molecule has 2 atom stereocenters. The van der Waals surface area contributed by atoms with Gasteiger partial charge < -0.3 is 5.73 Å². The van der Waals surface area contributed by atoms with Crippen molar-refractivity contribution < 1.29 is 0 Å². The van der Waals surface area contributed by atoms with Crippen LogP contribution in [-0.4, -0.2) is 10.4 Å². The molecule has 2 nitrogen and oxygen atoms in total. The second-order valence-electron chi connectivity index (χ2n) is 3.47. The van der Waals surface area contributed by atoms with Gasteiger partial charge in [0, 0.05) is 5.25 Å². The highest BCUT2D eigenvalue weighted by molar-refractivity contribution is 8.14. The van der Waals surface area contributed by atoms with Gasteiger partial charge in [-0.3, -0.25) is 5.41 Å². The molecule has 0 aromatic carbocycles. The molecule has 2 unspecified atom stereocenters. The van der Waals surface area contributed by atoms with Crippen molar-refractivity contribution in [2.75, 3.05) is 0 Å². The Kier molecular flexibility index (Phi) is 3.92. The zero-order valence-corrected chi connectivity index (χ0v) is 8.49. The molecule has 0 radical (unpaired) electrons. The largest absolute Gasteiger partial charge is 0.379 e. The van der Waals surface area contributed by atoms with Crippen LogP contribution in [0.3, 0.4) is 0 Å². The summed E-state index contributed by atoms with van der Waals surface area (Å²) in [4.78, 5) is 0. The van der Waals surface area contributed by atoms with Crippen molar-refractivity contribution in [1.29, 1.82) is 5.41 Å². The summed E-state index contributed by atoms with van der Waals surface area (Å²) in [6.45, 7) is 2.24. The molecule has 1 rings (SSSR count). The van der Waals surface area contributed by atoms with Gasteiger partial charge in [0.2, 0.25) is 0 Å². The minimum Gasteiger partial charge on any atom is -0.379 e. The van der Waals surface area contributed by atoms with Crippen LogP contribution in [0.15, 0.2) is 0 Å². The number of amidine groups is 1. The second-order valence-corrected chi connectivity index (χ2v) is 4.75. The van der Waals surface area contributed by atoms with E-state index < -0.39 is 0 Å². The summed E-state index contributed by atoms with van der Waals surface area (Å²) < 4.78 is 0. The van der Waals surface area contributed by atoms with Crippen LogP contribution in [0, 0.1) is 11.3 Å². The van der Waals surface area contributed by atoms with Crippen molar-refractivity contribution in [2.24, 2.45) is 11.7 Å². The topological polar surface area (TPSA) is 49.9 Å². The lowest BCUT2D eigenvalue weighted by Gasteiger charge is -2.29. The first-order valence-electron chi connectivity index (χ1n) is 4.74. The molecule has 0 aromatic rings. The monoisotopic (exact) mass is 186 g/mol. The number of rotatable bonds is 2. The van der Waals surface area contributed by atoms with E-state index in [1.807, 2.05) is 0 Å². The van der Waals surface area contributed by atoms with Gasteiger partial charge >= 0.3 is 0 Å². The van der Waals surface area contributed by atoms with Crippen LogP contribution in [-0.2, 0) is 0 Å². The van der Waals surface area contributed by atoms with Crippen molar-refractivity contribution in [1.82, 2.24) is 0 Å². The maximum Gasteiger partial charge on any atom is 0.151 e. The number of thioether (sulfide) groups is 1. The first-order valence-corrected chi connectivity index (χ1v) is 5.62. The van der Waals surface area contributed by atoms with Crippen molar-refractivity contribution in [2.45, 2.75) is 44.3 Å². The second kappa shape index (κ2) is 4.75. The molecule has 3 heteroatoms. The lowest BCUT2D eigenvalue weighted by molar-refractivity contribution is 0.362. The van der Waals surface area contributed by atoms with Crippen molar-refractivity contribution in [3.8, 4) is 0 Å². The smallest absolute Gasteiger partial charge is 0.151 e. The molecule has 0 spiro atoms. The highest BCUT2D eigenvalue weighted by Crippen LogP contribution is 2.34. The number of nitrogens with one attached hydrogen (secondary N) is 1. The molecule has 1 fully saturated rings. The van der Waals surface area contributed by atoms with Gasteiger partial charge in [-0.2, -0.15) is 0 Å². The summed E-state index contributed by atoms with van der Waals surface area (Å²) in [6.07, 6.45) is 6.52. The molecule has 70 valence electrons. The molecule has 1 aliphatic carbocycles. The van der Waals surface area contributed by atoms with E-state index >= 15 is 0 Å². The fourth-order valence-electron chi connectivity index (χ4n) is 1.96. The van der Waals surface area contributed by atoms with E-state index in [1.54, 1.807) is 11.8 Å². The van der Waals surface area contributed by atoms with Gasteiger partial charge in [0.25, 0.3) is 0 Å². The summed E-state index contributed by atoms with van der Waals surface area (Å²) in [6, 6.07) is 0. The maximum absolute atomic E-state index is 7.24. The molecule has 0 amide bonds. The lowest BCUT2D eigenvalue weighted by Crippen LogP contribution is -2.24. The summed E-state index contributed by atoms with van der Waals surface area (Å²) in [5, 5.41) is 8.15. The van der Waals surface area contributed by atoms with Gasteiger partial charge in [-0.25, -0.2) is 0 Å². The Labute approximate surface area is 78.8 Å². The molecule has 1 saturated carbocycles. The predicted molar refractivity (Wildman–Crippen MR) is 55.5 cm³/mol. The van der Waals surface area contributed by atoms with Gasteiger partial charge in [0.1, 0.15) is 0 Å². The summed E-state index contributed by atoms with van der Waals surface area (Å²) in [5.74, 6) is 0.799. The van der Waals surface area contributed by atoms with Crippen molar-refractivity contribution >= 4 is 16.9 Å². The fraction of sp³-hybridized carbons (Fsp3) is 0.889. The zero-order valence-electron chi connectivity index (χ0n) is 7.68. The van der Waals surface area contributed by atoms with Crippen molar-refractivity contribution in [3.05, 3.63) is 0 Å². The third kappa shape index (κ3) is 2.70. The number of hydrogen-bond acceptors (Lipinski definition) is 2. The van der Waals surface area contributed by atoms with Gasteiger partial charge in [-0.15, -0.1) is 0 Å². The Morgan fingerprint density at radius 2 is 2.17 bits per heavy atom. The summed E-state index contributed by atoms with van der Waals surface area (Å²) in [7, 11) is 0. The van der Waals surface area contributed by atoms with E-state index in [1.165, 1.54) is 32.1 Å². The van der Waals surface area contributed by atoms with Crippen LogP contribution in [0.4, 0.5) is 0 Å². The lowest BCUT2D eigenvalue weighted by atomic mass is 9.87. The minimum atomic E-state index is 0.292. The van der Waals surface area contributed by atoms with E-state index in [4.69, 9.17) is 11.1 Å². The van der Waals surface area contributed by atoms with Crippen LogP contribution in [0.2, 0.25) is 0 Å². The van der Waals surface area contributed by atoms with Crippen molar-refractivity contribution in [3.63, 3.8) is 0 Å². The molecular weight excluding hydrogens is 168 g/mol.